The van der Waals surface area contributed by atoms with Crippen LogP contribution in [-0.2, 0) is 9.53 Å². The molecule has 0 bridgehead atoms. The predicted octanol–water partition coefficient (Wildman–Crippen LogP) is 3.94. The van der Waals surface area contributed by atoms with Gasteiger partial charge in [-0.2, -0.15) is 0 Å². The van der Waals surface area contributed by atoms with Gasteiger partial charge >= 0.3 is 5.97 Å². The predicted molar refractivity (Wildman–Crippen MR) is 95.0 cm³/mol. The van der Waals surface area contributed by atoms with E-state index in [0.717, 1.165) is 5.69 Å². The van der Waals surface area contributed by atoms with Crippen LogP contribution in [0.3, 0.4) is 0 Å². The lowest BCUT2D eigenvalue weighted by Gasteiger charge is -2.24. The van der Waals surface area contributed by atoms with Crippen LogP contribution in [0.15, 0.2) is 60.7 Å². The number of ether oxygens (including phenoxy) is 1. The van der Waals surface area contributed by atoms with E-state index in [2.05, 4.69) is 5.32 Å². The quantitative estimate of drug-likeness (QED) is 0.496. The standard InChI is InChI=1S/C20H23NO3/c1-20(2,3)24-19(23)17(14-21-16-12-8-5-9-13-16)18(22)15-10-6-4-7-11-15/h4-13,17,21H,14H2,1-3H3. The highest BCUT2D eigenvalue weighted by atomic mass is 16.6. The topological polar surface area (TPSA) is 55.4 Å². The molecule has 1 atom stereocenters. The number of carbonyl (C=O) groups is 2. The van der Waals surface area contributed by atoms with Gasteiger partial charge in [-0.1, -0.05) is 48.5 Å². The molecule has 0 heterocycles. The number of hydrogen-bond donors (Lipinski definition) is 1. The van der Waals surface area contributed by atoms with Crippen molar-refractivity contribution in [3.8, 4) is 0 Å². The zero-order valence-electron chi connectivity index (χ0n) is 14.3. The third-order valence-corrected chi connectivity index (χ3v) is 3.35. The van der Waals surface area contributed by atoms with Crippen LogP contribution in [0.2, 0.25) is 0 Å². The Morgan fingerprint density at radius 2 is 1.50 bits per heavy atom. The van der Waals surface area contributed by atoms with Crippen molar-refractivity contribution >= 4 is 17.4 Å². The minimum Gasteiger partial charge on any atom is -0.459 e. The van der Waals surface area contributed by atoms with Gasteiger partial charge in [-0.05, 0) is 32.9 Å². The summed E-state index contributed by atoms with van der Waals surface area (Å²) in [5.74, 6) is -1.65. The van der Waals surface area contributed by atoms with E-state index < -0.39 is 17.5 Å². The average Bonchev–Trinajstić information content (AvgIpc) is 2.55. The van der Waals surface area contributed by atoms with Gasteiger partial charge in [0.25, 0.3) is 0 Å². The molecule has 0 aliphatic rings. The molecular weight excluding hydrogens is 302 g/mol. The van der Waals surface area contributed by atoms with Crippen molar-refractivity contribution in [2.75, 3.05) is 11.9 Å². The Balaban J connectivity index is 2.17. The average molecular weight is 325 g/mol. The Morgan fingerprint density at radius 1 is 0.958 bits per heavy atom. The van der Waals surface area contributed by atoms with Gasteiger partial charge in [0.2, 0.25) is 0 Å². The molecule has 0 saturated heterocycles. The molecule has 2 aromatic carbocycles. The van der Waals surface area contributed by atoms with Gasteiger partial charge in [-0.15, -0.1) is 0 Å². The summed E-state index contributed by atoms with van der Waals surface area (Å²) < 4.78 is 5.43. The summed E-state index contributed by atoms with van der Waals surface area (Å²) in [5, 5.41) is 3.14. The maximum atomic E-state index is 12.8. The molecule has 2 aromatic rings. The Kier molecular flexibility index (Phi) is 5.74. The fraction of sp³-hybridized carbons (Fsp3) is 0.300. The molecule has 4 heteroatoms. The van der Waals surface area contributed by atoms with E-state index >= 15 is 0 Å². The van der Waals surface area contributed by atoms with Gasteiger partial charge in [-0.25, -0.2) is 0 Å². The zero-order chi connectivity index (χ0) is 17.6. The fourth-order valence-electron chi connectivity index (χ4n) is 2.24. The molecule has 0 amide bonds. The number of rotatable bonds is 6. The smallest absolute Gasteiger partial charge is 0.319 e. The molecule has 126 valence electrons. The maximum Gasteiger partial charge on any atom is 0.319 e. The van der Waals surface area contributed by atoms with E-state index in [4.69, 9.17) is 4.74 Å². The summed E-state index contributed by atoms with van der Waals surface area (Å²) in [7, 11) is 0. The number of anilines is 1. The highest BCUT2D eigenvalue weighted by Crippen LogP contribution is 2.17. The monoisotopic (exact) mass is 325 g/mol. The van der Waals surface area contributed by atoms with Gasteiger partial charge in [0.1, 0.15) is 11.5 Å². The molecule has 0 fully saturated rings. The number of esters is 1. The number of para-hydroxylation sites is 1. The number of carbonyl (C=O) groups excluding carboxylic acids is 2. The van der Waals surface area contributed by atoms with Gasteiger partial charge in [-0.3, -0.25) is 9.59 Å². The molecule has 2 rings (SSSR count). The normalized spacial score (nSPS) is 12.3. The summed E-state index contributed by atoms with van der Waals surface area (Å²) in [5.41, 5.74) is 0.717. The molecule has 0 spiro atoms. The Labute approximate surface area is 142 Å². The highest BCUT2D eigenvalue weighted by Gasteiger charge is 2.31. The van der Waals surface area contributed by atoms with Gasteiger partial charge in [0.15, 0.2) is 5.78 Å². The molecule has 0 aromatic heterocycles. The van der Waals surface area contributed by atoms with E-state index in [1.165, 1.54) is 0 Å². The van der Waals surface area contributed by atoms with E-state index in [0.29, 0.717) is 5.56 Å². The highest BCUT2D eigenvalue weighted by molar-refractivity contribution is 6.09. The third kappa shape index (κ3) is 5.23. The van der Waals surface area contributed by atoms with Crippen LogP contribution in [0.1, 0.15) is 31.1 Å². The number of ketones is 1. The minimum atomic E-state index is -0.896. The molecule has 1 N–H and O–H groups in total. The third-order valence-electron chi connectivity index (χ3n) is 3.35. The molecule has 4 nitrogen and oxygen atoms in total. The van der Waals surface area contributed by atoms with Crippen LogP contribution in [0.25, 0.3) is 0 Å². The first-order chi connectivity index (χ1) is 11.4. The lowest BCUT2D eigenvalue weighted by Crippen LogP contribution is -2.36. The van der Waals surface area contributed by atoms with Crippen LogP contribution in [0.4, 0.5) is 5.69 Å². The van der Waals surface area contributed by atoms with E-state index in [9.17, 15) is 9.59 Å². The molecule has 0 aliphatic heterocycles. The first-order valence-electron chi connectivity index (χ1n) is 7.98. The van der Waals surface area contributed by atoms with Crippen molar-refractivity contribution in [3.05, 3.63) is 66.2 Å². The van der Waals surface area contributed by atoms with Crippen molar-refractivity contribution in [1.29, 1.82) is 0 Å². The van der Waals surface area contributed by atoms with Crippen molar-refractivity contribution in [2.45, 2.75) is 26.4 Å². The molecule has 1 unspecified atom stereocenters. The lowest BCUT2D eigenvalue weighted by atomic mass is 9.97. The summed E-state index contributed by atoms with van der Waals surface area (Å²) >= 11 is 0. The van der Waals surface area contributed by atoms with E-state index in [-0.39, 0.29) is 12.3 Å². The van der Waals surface area contributed by atoms with Crippen LogP contribution in [0.5, 0.6) is 0 Å². The Morgan fingerprint density at radius 3 is 2.04 bits per heavy atom. The van der Waals surface area contributed by atoms with Crippen LogP contribution in [0, 0.1) is 5.92 Å². The summed E-state index contributed by atoms with van der Waals surface area (Å²) in [6, 6.07) is 18.3. The molecular formula is C20H23NO3. The first kappa shape index (κ1) is 17.7. The van der Waals surface area contributed by atoms with Crippen molar-refractivity contribution < 1.29 is 14.3 Å². The number of nitrogens with one attached hydrogen (secondary N) is 1. The Bertz CT molecular complexity index is 675. The molecule has 24 heavy (non-hydrogen) atoms. The summed E-state index contributed by atoms with van der Waals surface area (Å²) in [6.45, 7) is 5.56. The Hall–Kier alpha value is -2.62. The molecule has 0 aliphatic carbocycles. The second kappa shape index (κ2) is 7.77. The largest absolute Gasteiger partial charge is 0.459 e. The number of Topliss-reactive ketones (excluding diaryl/α,β-unsaturated/α-hetero) is 1. The first-order valence-corrected chi connectivity index (χ1v) is 7.98. The van der Waals surface area contributed by atoms with Gasteiger partial charge in [0, 0.05) is 17.8 Å². The maximum absolute atomic E-state index is 12.8. The van der Waals surface area contributed by atoms with Crippen molar-refractivity contribution in [3.63, 3.8) is 0 Å². The van der Waals surface area contributed by atoms with Crippen LogP contribution >= 0.6 is 0 Å². The van der Waals surface area contributed by atoms with E-state index in [1.807, 2.05) is 36.4 Å². The fourth-order valence-corrected chi connectivity index (χ4v) is 2.24. The SMILES string of the molecule is CC(C)(C)OC(=O)C(CNc1ccccc1)C(=O)c1ccccc1. The van der Waals surface area contributed by atoms with Crippen LogP contribution in [-0.4, -0.2) is 23.9 Å². The molecule has 0 radical (unpaired) electrons. The van der Waals surface area contributed by atoms with Crippen molar-refractivity contribution in [1.82, 2.24) is 0 Å². The molecule has 0 saturated carbocycles. The lowest BCUT2D eigenvalue weighted by molar-refractivity contribution is -0.157. The second-order valence-corrected chi connectivity index (χ2v) is 6.56. The summed E-state index contributed by atoms with van der Waals surface area (Å²) in [6.07, 6.45) is 0. The minimum absolute atomic E-state index is 0.187. The zero-order valence-corrected chi connectivity index (χ0v) is 14.3. The second-order valence-electron chi connectivity index (χ2n) is 6.56. The van der Waals surface area contributed by atoms with Gasteiger partial charge in [0.05, 0.1) is 0 Å². The number of benzene rings is 2. The van der Waals surface area contributed by atoms with Gasteiger partial charge < -0.3 is 10.1 Å². The van der Waals surface area contributed by atoms with E-state index in [1.54, 1.807) is 45.0 Å². The van der Waals surface area contributed by atoms with Crippen molar-refractivity contribution in [2.24, 2.45) is 5.92 Å². The van der Waals surface area contributed by atoms with Crippen LogP contribution < -0.4 is 5.32 Å². The summed E-state index contributed by atoms with van der Waals surface area (Å²) in [4.78, 5) is 25.3. The number of hydrogen-bond acceptors (Lipinski definition) is 4.